The average Bonchev–Trinajstić information content (AvgIpc) is 3.10. The van der Waals surface area contributed by atoms with Gasteiger partial charge in [0, 0.05) is 42.8 Å². The maximum atomic E-state index is 12.0. The zero-order valence-electron chi connectivity index (χ0n) is 15.7. The van der Waals surface area contributed by atoms with Crippen molar-refractivity contribution < 1.29 is 4.79 Å². The van der Waals surface area contributed by atoms with Gasteiger partial charge in [0.1, 0.15) is 0 Å². The Kier molecular flexibility index (Phi) is 6.56. The number of carbonyl (C=O) groups is 1. The molecule has 0 bridgehead atoms. The summed E-state index contributed by atoms with van der Waals surface area (Å²) in [6.45, 7) is 1.30. The number of aromatic nitrogens is 1. The van der Waals surface area contributed by atoms with Gasteiger partial charge >= 0.3 is 0 Å². The van der Waals surface area contributed by atoms with Crippen molar-refractivity contribution >= 4 is 52.4 Å². The van der Waals surface area contributed by atoms with Crippen LogP contribution in [0.5, 0.6) is 0 Å². The van der Waals surface area contributed by atoms with Gasteiger partial charge in [-0.2, -0.15) is 0 Å². The molecule has 0 aliphatic carbocycles. The predicted molar refractivity (Wildman–Crippen MR) is 124 cm³/mol. The quantitative estimate of drug-likeness (QED) is 0.257. The fraction of sp³-hybridized carbons (Fsp3) is 0.238. The second kappa shape index (κ2) is 9.09. The number of fused-ring (bicyclic) bond motifs is 2. The number of benzene rings is 2. The third-order valence-corrected chi connectivity index (χ3v) is 4.88. The van der Waals surface area contributed by atoms with Gasteiger partial charge < -0.3 is 20.9 Å². The monoisotopic (exact) mass is 489 g/mol. The van der Waals surface area contributed by atoms with Crippen LogP contribution in [0.15, 0.2) is 59.6 Å². The van der Waals surface area contributed by atoms with Crippen molar-refractivity contribution in [3.63, 3.8) is 0 Å². The fourth-order valence-electron chi connectivity index (χ4n) is 3.53. The van der Waals surface area contributed by atoms with Crippen LogP contribution in [0, 0.1) is 0 Å². The third kappa shape index (κ3) is 4.46. The molecule has 0 fully saturated rings. The molecule has 0 radical (unpaired) electrons. The van der Waals surface area contributed by atoms with E-state index in [2.05, 4.69) is 50.2 Å². The molecule has 2 aromatic carbocycles. The molecule has 0 saturated carbocycles. The molecule has 1 aliphatic heterocycles. The van der Waals surface area contributed by atoms with Gasteiger partial charge in [-0.15, -0.1) is 24.0 Å². The largest absolute Gasteiger partial charge is 0.357 e. The zero-order valence-corrected chi connectivity index (χ0v) is 18.0. The van der Waals surface area contributed by atoms with Crippen molar-refractivity contribution in [3.8, 4) is 0 Å². The molecule has 6 nitrogen and oxygen atoms in total. The molecule has 0 saturated heterocycles. The number of rotatable bonds is 4. The first-order valence-electron chi connectivity index (χ1n) is 9.13. The molecule has 4 rings (SSSR count). The number of hydrogen-bond donors (Lipinski definition) is 4. The molecule has 1 amide bonds. The Morgan fingerprint density at radius 2 is 1.93 bits per heavy atom. The van der Waals surface area contributed by atoms with E-state index < -0.39 is 0 Å². The van der Waals surface area contributed by atoms with Crippen LogP contribution in [-0.2, 0) is 11.3 Å². The number of hydrogen-bond acceptors (Lipinski definition) is 2. The Labute approximate surface area is 181 Å². The molecule has 1 aliphatic rings. The Morgan fingerprint density at radius 1 is 1.14 bits per heavy atom. The molecule has 3 aromatic rings. The Balaban J connectivity index is 0.00000225. The number of anilines is 1. The highest BCUT2D eigenvalue weighted by molar-refractivity contribution is 14.0. The molecule has 7 heteroatoms. The summed E-state index contributed by atoms with van der Waals surface area (Å²) in [7, 11) is 1.75. The lowest BCUT2D eigenvalue weighted by atomic mass is 9.90. The number of halogens is 1. The van der Waals surface area contributed by atoms with Crippen LogP contribution < -0.4 is 16.0 Å². The lowest BCUT2D eigenvalue weighted by Gasteiger charge is -2.26. The number of aromatic amines is 1. The van der Waals surface area contributed by atoms with Gasteiger partial charge in [0.05, 0.1) is 6.54 Å². The minimum atomic E-state index is 0. The summed E-state index contributed by atoms with van der Waals surface area (Å²) in [6.07, 6.45) is 0.475. The second-order valence-corrected chi connectivity index (χ2v) is 6.72. The van der Waals surface area contributed by atoms with E-state index >= 15 is 0 Å². The fourth-order valence-corrected chi connectivity index (χ4v) is 3.53. The van der Waals surface area contributed by atoms with Crippen molar-refractivity contribution in [2.24, 2.45) is 4.99 Å². The number of nitrogens with one attached hydrogen (secondary N) is 4. The lowest BCUT2D eigenvalue weighted by Crippen LogP contribution is -2.40. The summed E-state index contributed by atoms with van der Waals surface area (Å²) in [5, 5.41) is 10.8. The van der Waals surface area contributed by atoms with E-state index in [1.165, 1.54) is 5.39 Å². The number of aliphatic imine (C=N–C) groups is 1. The Morgan fingerprint density at radius 3 is 2.75 bits per heavy atom. The minimum Gasteiger partial charge on any atom is -0.357 e. The number of amides is 1. The standard InChI is InChI=1S/C21H23N5O.HI/c1-22-21(24-13-16-10-14-6-2-4-8-18(14)25-16)23-12-15-11-20(27)26-19-9-5-3-7-17(15)19;/h2-10,15,25H,11-13H2,1H3,(H,26,27)(H2,22,23,24);1H. The smallest absolute Gasteiger partial charge is 0.225 e. The van der Waals surface area contributed by atoms with Gasteiger partial charge in [-0.3, -0.25) is 9.79 Å². The van der Waals surface area contributed by atoms with Crippen LogP contribution in [-0.4, -0.2) is 30.4 Å². The third-order valence-electron chi connectivity index (χ3n) is 4.88. The first-order valence-corrected chi connectivity index (χ1v) is 9.13. The van der Waals surface area contributed by atoms with Gasteiger partial charge in [0.25, 0.3) is 0 Å². The minimum absolute atomic E-state index is 0. The molecule has 1 unspecified atom stereocenters. The van der Waals surface area contributed by atoms with Gasteiger partial charge in [0.15, 0.2) is 5.96 Å². The Hall–Kier alpha value is -2.55. The lowest BCUT2D eigenvalue weighted by molar-refractivity contribution is -0.116. The van der Waals surface area contributed by atoms with Crippen molar-refractivity contribution in [3.05, 3.63) is 65.9 Å². The number of nitrogens with zero attached hydrogens (tertiary/aromatic N) is 1. The molecule has 2 heterocycles. The van der Waals surface area contributed by atoms with Crippen molar-refractivity contribution in [2.45, 2.75) is 18.9 Å². The molecular weight excluding hydrogens is 465 g/mol. The maximum absolute atomic E-state index is 12.0. The van der Waals surface area contributed by atoms with Gasteiger partial charge in [-0.1, -0.05) is 36.4 Å². The van der Waals surface area contributed by atoms with E-state index in [1.54, 1.807) is 7.05 Å². The molecule has 4 N–H and O–H groups in total. The van der Waals surface area contributed by atoms with E-state index in [-0.39, 0.29) is 35.8 Å². The highest BCUT2D eigenvalue weighted by atomic mass is 127. The summed E-state index contributed by atoms with van der Waals surface area (Å²) in [5.74, 6) is 0.903. The van der Waals surface area contributed by atoms with Gasteiger partial charge in [-0.05, 0) is 29.1 Å². The number of H-pyrrole nitrogens is 1. The first kappa shape index (κ1) is 20.2. The predicted octanol–water partition coefficient (Wildman–Crippen LogP) is 3.58. The zero-order chi connectivity index (χ0) is 18.6. The van der Waals surface area contributed by atoms with Crippen LogP contribution in [0.1, 0.15) is 23.6 Å². The van der Waals surface area contributed by atoms with Crippen molar-refractivity contribution in [1.82, 2.24) is 15.6 Å². The van der Waals surface area contributed by atoms with Crippen LogP contribution in [0.3, 0.4) is 0 Å². The SMILES string of the molecule is CN=C(NCc1cc2ccccc2[nH]1)NCC1CC(=O)Nc2ccccc21.I. The topological polar surface area (TPSA) is 81.3 Å². The number of para-hydroxylation sites is 2. The molecule has 0 spiro atoms. The molecule has 1 aromatic heterocycles. The molecule has 146 valence electrons. The summed E-state index contributed by atoms with van der Waals surface area (Å²) >= 11 is 0. The van der Waals surface area contributed by atoms with Crippen LogP contribution in [0.2, 0.25) is 0 Å². The van der Waals surface area contributed by atoms with Crippen molar-refractivity contribution in [1.29, 1.82) is 0 Å². The number of guanidine groups is 1. The molecular formula is C21H24IN5O. The van der Waals surface area contributed by atoms with Gasteiger partial charge in [-0.25, -0.2) is 0 Å². The summed E-state index contributed by atoms with van der Waals surface area (Å²) in [5.41, 5.74) is 4.29. The highest BCUT2D eigenvalue weighted by Gasteiger charge is 2.24. The highest BCUT2D eigenvalue weighted by Crippen LogP contribution is 2.31. The van der Waals surface area contributed by atoms with Crippen LogP contribution >= 0.6 is 24.0 Å². The summed E-state index contributed by atoms with van der Waals surface area (Å²) in [4.78, 5) is 19.7. The van der Waals surface area contributed by atoms with E-state index in [0.29, 0.717) is 19.5 Å². The maximum Gasteiger partial charge on any atom is 0.225 e. The average molecular weight is 489 g/mol. The first-order chi connectivity index (χ1) is 13.2. The summed E-state index contributed by atoms with van der Waals surface area (Å²) < 4.78 is 0. The van der Waals surface area contributed by atoms with Crippen molar-refractivity contribution in [2.75, 3.05) is 18.9 Å². The van der Waals surface area contributed by atoms with E-state index in [9.17, 15) is 4.79 Å². The van der Waals surface area contributed by atoms with E-state index in [0.717, 1.165) is 28.4 Å². The Bertz CT molecular complexity index is 964. The molecule has 1 atom stereocenters. The van der Waals surface area contributed by atoms with E-state index in [4.69, 9.17) is 0 Å². The van der Waals surface area contributed by atoms with E-state index in [1.807, 2.05) is 30.3 Å². The second-order valence-electron chi connectivity index (χ2n) is 6.72. The normalized spacial score (nSPS) is 16.1. The molecule has 28 heavy (non-hydrogen) atoms. The number of carbonyl (C=O) groups excluding carboxylic acids is 1. The van der Waals surface area contributed by atoms with Crippen LogP contribution in [0.25, 0.3) is 10.9 Å². The summed E-state index contributed by atoms with van der Waals surface area (Å²) in [6, 6.07) is 18.3. The van der Waals surface area contributed by atoms with Gasteiger partial charge in [0.2, 0.25) is 5.91 Å². The van der Waals surface area contributed by atoms with Crippen LogP contribution in [0.4, 0.5) is 5.69 Å².